The number of methoxy groups -OCH3 is 1. The van der Waals surface area contributed by atoms with Gasteiger partial charge in [0.2, 0.25) is 0 Å². The van der Waals surface area contributed by atoms with Crippen molar-refractivity contribution >= 4 is 5.96 Å². The van der Waals surface area contributed by atoms with Gasteiger partial charge in [-0.1, -0.05) is 39.0 Å². The zero-order valence-electron chi connectivity index (χ0n) is 15.5. The SMILES string of the molecule is CCCCC1CCC(CNC(=NC)N2CCC(COC)C2)CC1. The Morgan fingerprint density at radius 3 is 2.52 bits per heavy atom. The van der Waals surface area contributed by atoms with Crippen LogP contribution in [0.3, 0.4) is 0 Å². The molecule has 2 fully saturated rings. The maximum Gasteiger partial charge on any atom is 0.193 e. The highest BCUT2D eigenvalue weighted by molar-refractivity contribution is 5.80. The van der Waals surface area contributed by atoms with E-state index in [0.29, 0.717) is 5.92 Å². The summed E-state index contributed by atoms with van der Waals surface area (Å²) in [5, 5.41) is 3.64. The molecule has 0 aromatic heterocycles. The summed E-state index contributed by atoms with van der Waals surface area (Å²) in [5.41, 5.74) is 0. The largest absolute Gasteiger partial charge is 0.384 e. The molecule has 0 aromatic rings. The molecule has 1 N–H and O–H groups in total. The number of aliphatic imine (C=N–C) groups is 1. The van der Waals surface area contributed by atoms with Crippen LogP contribution in [0.25, 0.3) is 0 Å². The van der Waals surface area contributed by atoms with Crippen LogP contribution in [-0.2, 0) is 4.74 Å². The lowest BCUT2D eigenvalue weighted by atomic mass is 9.80. The van der Waals surface area contributed by atoms with Gasteiger partial charge >= 0.3 is 0 Å². The summed E-state index contributed by atoms with van der Waals surface area (Å²) in [4.78, 5) is 6.89. The Balaban J connectivity index is 1.67. The van der Waals surface area contributed by atoms with Crippen molar-refractivity contribution < 1.29 is 4.74 Å². The van der Waals surface area contributed by atoms with Crippen LogP contribution in [0.5, 0.6) is 0 Å². The van der Waals surface area contributed by atoms with Gasteiger partial charge < -0.3 is 15.0 Å². The average molecular weight is 324 g/mol. The first-order valence-corrected chi connectivity index (χ1v) is 9.71. The second-order valence-corrected chi connectivity index (χ2v) is 7.51. The summed E-state index contributed by atoms with van der Waals surface area (Å²) in [5.74, 6) is 3.59. The van der Waals surface area contributed by atoms with E-state index in [1.807, 2.05) is 7.05 Å². The molecule has 4 heteroatoms. The fraction of sp³-hybridized carbons (Fsp3) is 0.947. The second-order valence-electron chi connectivity index (χ2n) is 7.51. The van der Waals surface area contributed by atoms with Crippen LogP contribution in [0, 0.1) is 17.8 Å². The van der Waals surface area contributed by atoms with Gasteiger partial charge in [-0.2, -0.15) is 0 Å². The van der Waals surface area contributed by atoms with Crippen molar-refractivity contribution in [2.24, 2.45) is 22.7 Å². The van der Waals surface area contributed by atoms with Crippen molar-refractivity contribution in [2.75, 3.05) is 40.4 Å². The third-order valence-corrected chi connectivity index (χ3v) is 5.68. The van der Waals surface area contributed by atoms with E-state index in [4.69, 9.17) is 4.74 Å². The first-order valence-electron chi connectivity index (χ1n) is 9.71. The molecular weight excluding hydrogens is 286 g/mol. The molecule has 1 saturated carbocycles. The number of hydrogen-bond acceptors (Lipinski definition) is 2. The lowest BCUT2D eigenvalue weighted by molar-refractivity contribution is 0.157. The number of guanidine groups is 1. The first-order chi connectivity index (χ1) is 11.3. The maximum atomic E-state index is 5.29. The number of nitrogens with one attached hydrogen (secondary N) is 1. The van der Waals surface area contributed by atoms with Crippen LogP contribution in [0.4, 0.5) is 0 Å². The minimum absolute atomic E-state index is 0.660. The van der Waals surface area contributed by atoms with Crippen LogP contribution < -0.4 is 5.32 Å². The van der Waals surface area contributed by atoms with Crippen LogP contribution in [0.15, 0.2) is 4.99 Å². The number of rotatable bonds is 7. The fourth-order valence-corrected chi connectivity index (χ4v) is 4.18. The molecule has 0 spiro atoms. The Labute approximate surface area is 143 Å². The molecule has 2 aliphatic rings. The Morgan fingerprint density at radius 2 is 1.87 bits per heavy atom. The highest BCUT2D eigenvalue weighted by Gasteiger charge is 2.26. The van der Waals surface area contributed by atoms with Gasteiger partial charge in [0.1, 0.15) is 0 Å². The van der Waals surface area contributed by atoms with E-state index in [-0.39, 0.29) is 0 Å². The molecule has 2 rings (SSSR count). The van der Waals surface area contributed by atoms with Crippen molar-refractivity contribution in [3.63, 3.8) is 0 Å². The number of ether oxygens (including phenoxy) is 1. The van der Waals surface area contributed by atoms with Crippen LogP contribution in [-0.4, -0.2) is 51.3 Å². The van der Waals surface area contributed by atoms with E-state index in [1.165, 1.54) is 51.4 Å². The number of nitrogens with zero attached hydrogens (tertiary/aromatic N) is 2. The van der Waals surface area contributed by atoms with Gasteiger partial charge in [-0.15, -0.1) is 0 Å². The van der Waals surface area contributed by atoms with Gasteiger partial charge in [-0.05, 0) is 31.1 Å². The molecule has 1 atom stereocenters. The van der Waals surface area contributed by atoms with Gasteiger partial charge in [0.15, 0.2) is 5.96 Å². The summed E-state index contributed by atoms with van der Waals surface area (Å²) in [7, 11) is 3.71. The number of likely N-dealkylation sites (tertiary alicyclic amines) is 1. The molecule has 1 saturated heterocycles. The maximum absolute atomic E-state index is 5.29. The van der Waals surface area contributed by atoms with Gasteiger partial charge in [-0.3, -0.25) is 4.99 Å². The lowest BCUT2D eigenvalue weighted by Crippen LogP contribution is -2.42. The average Bonchev–Trinajstić information content (AvgIpc) is 3.03. The summed E-state index contributed by atoms with van der Waals surface area (Å²) in [6.45, 7) is 6.46. The topological polar surface area (TPSA) is 36.9 Å². The van der Waals surface area contributed by atoms with Crippen LogP contribution in [0.1, 0.15) is 58.3 Å². The lowest BCUT2D eigenvalue weighted by Gasteiger charge is -2.30. The summed E-state index contributed by atoms with van der Waals surface area (Å²) in [6, 6.07) is 0. The van der Waals surface area contributed by atoms with E-state index in [9.17, 15) is 0 Å². The third kappa shape index (κ3) is 5.98. The highest BCUT2D eigenvalue weighted by atomic mass is 16.5. The molecule has 1 heterocycles. The van der Waals surface area contributed by atoms with Gasteiger partial charge in [-0.25, -0.2) is 0 Å². The van der Waals surface area contributed by atoms with Gasteiger partial charge in [0.25, 0.3) is 0 Å². The standard InChI is InChI=1S/C19H37N3O/c1-4-5-6-16-7-9-17(10-8-16)13-21-19(20-2)22-12-11-18(14-22)15-23-3/h16-18H,4-15H2,1-3H3,(H,20,21). The van der Waals surface area contributed by atoms with Crippen molar-refractivity contribution in [3.8, 4) is 0 Å². The van der Waals surface area contributed by atoms with E-state index >= 15 is 0 Å². The van der Waals surface area contributed by atoms with Crippen LogP contribution >= 0.6 is 0 Å². The predicted octanol–water partition coefficient (Wildman–Crippen LogP) is 3.53. The zero-order chi connectivity index (χ0) is 16.5. The van der Waals surface area contributed by atoms with Crippen molar-refractivity contribution in [3.05, 3.63) is 0 Å². The van der Waals surface area contributed by atoms with E-state index in [1.54, 1.807) is 7.11 Å². The quantitative estimate of drug-likeness (QED) is 0.575. The van der Waals surface area contributed by atoms with E-state index < -0.39 is 0 Å². The Hall–Kier alpha value is -0.770. The summed E-state index contributed by atoms with van der Waals surface area (Å²) in [6.07, 6.45) is 11.1. The smallest absolute Gasteiger partial charge is 0.193 e. The first kappa shape index (κ1) is 18.6. The Kier molecular flexibility index (Phi) is 8.21. The minimum Gasteiger partial charge on any atom is -0.384 e. The van der Waals surface area contributed by atoms with E-state index in [2.05, 4.69) is 22.1 Å². The highest BCUT2D eigenvalue weighted by Crippen LogP contribution is 2.31. The molecule has 0 aromatic carbocycles. The minimum atomic E-state index is 0.660. The Morgan fingerprint density at radius 1 is 1.13 bits per heavy atom. The third-order valence-electron chi connectivity index (χ3n) is 5.68. The molecule has 4 nitrogen and oxygen atoms in total. The van der Waals surface area contributed by atoms with Crippen molar-refractivity contribution in [1.82, 2.24) is 10.2 Å². The van der Waals surface area contributed by atoms with Crippen molar-refractivity contribution in [2.45, 2.75) is 58.3 Å². The number of unbranched alkanes of at least 4 members (excludes halogenated alkanes) is 1. The molecule has 1 aliphatic carbocycles. The van der Waals surface area contributed by atoms with Crippen LogP contribution in [0.2, 0.25) is 0 Å². The van der Waals surface area contributed by atoms with Crippen molar-refractivity contribution in [1.29, 1.82) is 0 Å². The molecule has 23 heavy (non-hydrogen) atoms. The number of hydrogen-bond donors (Lipinski definition) is 1. The van der Waals surface area contributed by atoms with Gasteiger partial charge in [0.05, 0.1) is 6.61 Å². The molecule has 0 amide bonds. The summed E-state index contributed by atoms with van der Waals surface area (Å²) >= 11 is 0. The predicted molar refractivity (Wildman–Crippen MR) is 97.9 cm³/mol. The normalized spacial score (nSPS) is 29.1. The molecule has 0 radical (unpaired) electrons. The van der Waals surface area contributed by atoms with Gasteiger partial charge in [0, 0.05) is 39.7 Å². The monoisotopic (exact) mass is 323 g/mol. The fourth-order valence-electron chi connectivity index (χ4n) is 4.18. The molecule has 1 aliphatic heterocycles. The van der Waals surface area contributed by atoms with E-state index in [0.717, 1.165) is 44.0 Å². The molecule has 134 valence electrons. The molecule has 0 bridgehead atoms. The second kappa shape index (κ2) is 10.2. The zero-order valence-corrected chi connectivity index (χ0v) is 15.5. The molecular formula is C19H37N3O. The Bertz CT molecular complexity index is 351. The summed E-state index contributed by atoms with van der Waals surface area (Å²) < 4.78 is 5.29. The molecule has 1 unspecified atom stereocenters.